The van der Waals surface area contributed by atoms with Crippen LogP contribution in [0.4, 0.5) is 0 Å². The molecule has 0 unspecified atom stereocenters. The number of benzene rings is 2. The van der Waals surface area contributed by atoms with E-state index in [1.165, 1.54) is 11.1 Å². The van der Waals surface area contributed by atoms with Crippen molar-refractivity contribution in [3.05, 3.63) is 141 Å². The first-order valence-corrected chi connectivity index (χ1v) is 14.2. The van der Waals surface area contributed by atoms with Crippen molar-refractivity contribution in [1.82, 2.24) is 9.47 Å². The largest absolute Gasteiger partial charge is 0.507 e. The average molecular weight is 544 g/mol. The van der Waals surface area contributed by atoms with Crippen LogP contribution in [0.1, 0.15) is 36.5 Å². The molecule has 0 saturated carbocycles. The highest BCUT2D eigenvalue weighted by atomic mass is 16.3. The van der Waals surface area contributed by atoms with Crippen LogP contribution in [-0.2, 0) is 19.5 Å². The van der Waals surface area contributed by atoms with Gasteiger partial charge in [-0.05, 0) is 86.3 Å². The van der Waals surface area contributed by atoms with Crippen LogP contribution < -0.4 is 16.3 Å². The molecular weight excluding hydrogens is 506 g/mol. The van der Waals surface area contributed by atoms with Crippen LogP contribution >= 0.6 is 0 Å². The number of phenolic OH excluding ortho intramolecular Hbond substituents is 1. The summed E-state index contributed by atoms with van der Waals surface area (Å²) in [7, 11) is 4.15. The summed E-state index contributed by atoms with van der Waals surface area (Å²) in [6.45, 7) is 7.34. The van der Waals surface area contributed by atoms with Crippen LogP contribution in [0.5, 0.6) is 5.75 Å². The molecule has 1 N–H and O–H groups in total. The highest BCUT2D eigenvalue weighted by molar-refractivity contribution is 5.80. The van der Waals surface area contributed by atoms with Gasteiger partial charge < -0.3 is 10.0 Å². The van der Waals surface area contributed by atoms with E-state index in [2.05, 4.69) is 62.0 Å². The van der Waals surface area contributed by atoms with Crippen LogP contribution in [0.2, 0.25) is 0 Å². The molecular formula is C36H37N3O2. The van der Waals surface area contributed by atoms with E-state index in [0.717, 1.165) is 53.4 Å². The standard InChI is InChI=1S/C36H37N3O2/c1-5-39-35-30(10-7-11-31(37-35)20-17-26-13-15-27(16-14-26)24-38(3)4)22-33(36(39)41)32-21-19-29(23-34(32)40)28-9-6-8-25(2)12-18-28/h6,8-16,18-19,21-23,40H,2,5,7,17,20,24H2,1,3-4H3. The molecule has 0 radical (unpaired) electrons. The van der Waals surface area contributed by atoms with Crippen LogP contribution in [0.3, 0.4) is 0 Å². The number of hydrogen-bond donors (Lipinski definition) is 1. The highest BCUT2D eigenvalue weighted by Gasteiger charge is 2.15. The molecule has 2 aliphatic rings. The monoisotopic (exact) mass is 543 g/mol. The van der Waals surface area contributed by atoms with Gasteiger partial charge in [0.1, 0.15) is 11.2 Å². The Balaban J connectivity index is 1.44. The number of pyridine rings is 1. The number of aromatic nitrogens is 1. The van der Waals surface area contributed by atoms with E-state index in [1.54, 1.807) is 10.6 Å². The number of aromatic hydroxyl groups is 1. The summed E-state index contributed by atoms with van der Waals surface area (Å²) in [6.07, 6.45) is 16.5. The van der Waals surface area contributed by atoms with Crippen molar-refractivity contribution >= 4 is 11.6 Å². The van der Waals surface area contributed by atoms with Gasteiger partial charge in [0.2, 0.25) is 0 Å². The maximum absolute atomic E-state index is 13.7. The van der Waals surface area contributed by atoms with E-state index >= 15 is 0 Å². The molecule has 5 heteroatoms. The smallest absolute Gasteiger partial charge is 0.260 e. The summed E-state index contributed by atoms with van der Waals surface area (Å²) in [6, 6.07) is 16.1. The highest BCUT2D eigenvalue weighted by Crippen LogP contribution is 2.31. The van der Waals surface area contributed by atoms with Crippen molar-refractivity contribution in [3.63, 3.8) is 0 Å². The second-order valence-electron chi connectivity index (χ2n) is 10.8. The zero-order chi connectivity index (χ0) is 28.9. The van der Waals surface area contributed by atoms with Crippen molar-refractivity contribution < 1.29 is 5.11 Å². The third-order valence-electron chi connectivity index (χ3n) is 7.42. The molecule has 1 aliphatic heterocycles. The van der Waals surface area contributed by atoms with Crippen molar-refractivity contribution in [3.8, 4) is 16.9 Å². The Morgan fingerprint density at radius 2 is 1.73 bits per heavy atom. The predicted molar refractivity (Wildman–Crippen MR) is 169 cm³/mol. The van der Waals surface area contributed by atoms with Crippen LogP contribution in [0.25, 0.3) is 22.8 Å². The lowest BCUT2D eigenvalue weighted by molar-refractivity contribution is 0.402. The third-order valence-corrected chi connectivity index (χ3v) is 7.42. The Hall–Kier alpha value is -4.48. The second kappa shape index (κ2) is 12.4. The zero-order valence-electron chi connectivity index (χ0n) is 24.1. The van der Waals surface area contributed by atoms with Crippen LogP contribution in [-0.4, -0.2) is 28.7 Å². The zero-order valence-corrected chi connectivity index (χ0v) is 24.1. The third kappa shape index (κ3) is 6.47. The van der Waals surface area contributed by atoms with Gasteiger partial charge in [0.25, 0.3) is 5.56 Å². The van der Waals surface area contributed by atoms with Gasteiger partial charge in [-0.2, -0.15) is 0 Å². The molecule has 208 valence electrons. The van der Waals surface area contributed by atoms with Crippen molar-refractivity contribution in [1.29, 1.82) is 0 Å². The molecule has 5 rings (SSSR count). The maximum Gasteiger partial charge on any atom is 0.260 e. The number of hydrogen-bond acceptors (Lipinski definition) is 4. The lowest BCUT2D eigenvalue weighted by Crippen LogP contribution is -2.43. The van der Waals surface area contributed by atoms with E-state index in [4.69, 9.17) is 4.99 Å². The summed E-state index contributed by atoms with van der Waals surface area (Å²) in [5.74, 6) is 0.0736. The summed E-state index contributed by atoms with van der Waals surface area (Å²) in [5, 5.41) is 11.9. The van der Waals surface area contributed by atoms with Gasteiger partial charge in [-0.25, -0.2) is 4.99 Å². The maximum atomic E-state index is 13.7. The Morgan fingerprint density at radius 1 is 0.951 bits per heavy atom. The van der Waals surface area contributed by atoms with E-state index in [9.17, 15) is 9.90 Å². The summed E-state index contributed by atoms with van der Waals surface area (Å²) in [5.41, 5.74) is 7.82. The van der Waals surface area contributed by atoms with Crippen LogP contribution in [0, 0.1) is 0 Å². The second-order valence-corrected chi connectivity index (χ2v) is 10.8. The summed E-state index contributed by atoms with van der Waals surface area (Å²) < 4.78 is 1.72. The Labute approximate surface area is 241 Å². The van der Waals surface area contributed by atoms with Crippen molar-refractivity contribution in [2.24, 2.45) is 4.99 Å². The number of rotatable bonds is 8. The number of allylic oxidation sites excluding steroid dienone is 9. The molecule has 1 aliphatic carbocycles. The molecule has 0 atom stereocenters. The van der Waals surface area contributed by atoms with E-state index < -0.39 is 0 Å². The fourth-order valence-electron chi connectivity index (χ4n) is 5.27. The first kappa shape index (κ1) is 28.1. The summed E-state index contributed by atoms with van der Waals surface area (Å²) >= 11 is 0. The van der Waals surface area contributed by atoms with Crippen molar-refractivity contribution in [2.45, 2.75) is 39.3 Å². The van der Waals surface area contributed by atoms with E-state index in [0.29, 0.717) is 23.2 Å². The molecule has 5 nitrogen and oxygen atoms in total. The molecule has 2 aromatic carbocycles. The Kier molecular flexibility index (Phi) is 8.46. The minimum Gasteiger partial charge on any atom is -0.507 e. The molecule has 2 heterocycles. The lowest BCUT2D eigenvalue weighted by atomic mass is 9.99. The fourth-order valence-corrected chi connectivity index (χ4v) is 5.27. The van der Waals surface area contributed by atoms with Gasteiger partial charge in [0.05, 0.1) is 5.56 Å². The van der Waals surface area contributed by atoms with Gasteiger partial charge in [-0.1, -0.05) is 79.4 Å². The number of fused-ring (bicyclic) bond motifs is 1. The van der Waals surface area contributed by atoms with E-state index in [1.807, 2.05) is 55.5 Å². The number of aryl methyl sites for hydroxylation is 1. The number of phenols is 1. The number of nitrogens with zero attached hydrogens (tertiary/aromatic N) is 3. The van der Waals surface area contributed by atoms with Gasteiger partial charge in [-0.3, -0.25) is 9.36 Å². The first-order chi connectivity index (χ1) is 19.8. The SMILES string of the molecule is C=C1C=CC=C(c2ccc(-c3cc4c(n(CC)c3=O)=NC(CCc3ccc(CN(C)C)cc3)=CCC=4)c(O)c2)C=C1. The average Bonchev–Trinajstić information content (AvgIpc) is 3.30. The van der Waals surface area contributed by atoms with Crippen LogP contribution in [0.15, 0.2) is 113 Å². The lowest BCUT2D eigenvalue weighted by Gasteiger charge is -2.12. The molecule has 0 amide bonds. The van der Waals surface area contributed by atoms with Crippen molar-refractivity contribution in [2.75, 3.05) is 14.1 Å². The van der Waals surface area contributed by atoms with E-state index in [-0.39, 0.29) is 11.3 Å². The fraction of sp³-hybridized carbons (Fsp3) is 0.222. The minimum atomic E-state index is -0.156. The normalized spacial score (nSPS) is 14.5. The Bertz CT molecular complexity index is 1780. The van der Waals surface area contributed by atoms with Gasteiger partial charge in [0, 0.05) is 29.6 Å². The molecule has 1 aromatic heterocycles. The molecule has 0 saturated heterocycles. The Morgan fingerprint density at radius 3 is 2.46 bits per heavy atom. The minimum absolute atomic E-state index is 0.0736. The molecule has 0 spiro atoms. The quantitative estimate of drug-likeness (QED) is 0.397. The molecule has 0 bridgehead atoms. The van der Waals surface area contributed by atoms with Gasteiger partial charge in [0.15, 0.2) is 0 Å². The topological polar surface area (TPSA) is 57.8 Å². The molecule has 3 aromatic rings. The van der Waals surface area contributed by atoms with Gasteiger partial charge >= 0.3 is 0 Å². The molecule has 41 heavy (non-hydrogen) atoms. The predicted octanol–water partition coefficient (Wildman–Crippen LogP) is 5.69. The molecule has 0 fully saturated rings. The summed E-state index contributed by atoms with van der Waals surface area (Å²) in [4.78, 5) is 20.9. The van der Waals surface area contributed by atoms with Gasteiger partial charge in [-0.15, -0.1) is 0 Å². The first-order valence-electron chi connectivity index (χ1n) is 14.2.